The van der Waals surface area contributed by atoms with E-state index in [4.69, 9.17) is 4.74 Å². The summed E-state index contributed by atoms with van der Waals surface area (Å²) in [5.41, 5.74) is 3.92. The van der Waals surface area contributed by atoms with E-state index in [-0.39, 0.29) is 11.8 Å². The molecule has 6 heteroatoms. The maximum absolute atomic E-state index is 12.1. The topological polar surface area (TPSA) is 67.4 Å². The molecule has 2 amide bonds. The first-order valence-electron chi connectivity index (χ1n) is 9.97. The van der Waals surface area contributed by atoms with Crippen molar-refractivity contribution in [1.29, 1.82) is 0 Å². The van der Waals surface area contributed by atoms with E-state index in [0.717, 1.165) is 16.7 Å². The molecule has 3 rings (SSSR count). The molecule has 0 fully saturated rings. The smallest absolute Gasteiger partial charge is 0.252 e. The Kier molecular flexibility index (Phi) is 8.62. The molecule has 0 radical (unpaired) electrons. The van der Waals surface area contributed by atoms with E-state index >= 15 is 0 Å². The van der Waals surface area contributed by atoms with Crippen molar-refractivity contribution in [3.05, 3.63) is 93.7 Å². The van der Waals surface area contributed by atoms with Crippen molar-refractivity contribution in [3.63, 3.8) is 0 Å². The van der Waals surface area contributed by atoms with Gasteiger partial charge in [-0.1, -0.05) is 54.6 Å². The Hall–Kier alpha value is -2.96. The maximum Gasteiger partial charge on any atom is 0.252 e. The molecule has 156 valence electrons. The summed E-state index contributed by atoms with van der Waals surface area (Å²) in [5, 5.41) is 9.44. The molecule has 2 aromatic carbocycles. The molecule has 0 unspecified atom stereocenters. The number of hydrogen-bond acceptors (Lipinski definition) is 4. The Morgan fingerprint density at radius 2 is 1.63 bits per heavy atom. The van der Waals surface area contributed by atoms with Gasteiger partial charge in [0.25, 0.3) is 5.91 Å². The molecule has 30 heavy (non-hydrogen) atoms. The van der Waals surface area contributed by atoms with Crippen LogP contribution in [0.25, 0.3) is 0 Å². The molecule has 2 N–H and O–H groups in total. The van der Waals surface area contributed by atoms with Crippen LogP contribution in [0.3, 0.4) is 0 Å². The van der Waals surface area contributed by atoms with Crippen LogP contribution in [0.1, 0.15) is 39.9 Å². The Bertz CT molecular complexity index is 927. The number of ether oxygens (including phenoxy) is 1. The van der Waals surface area contributed by atoms with Crippen LogP contribution in [-0.2, 0) is 29.3 Å². The van der Waals surface area contributed by atoms with Crippen LogP contribution < -0.4 is 10.6 Å². The number of nitrogens with one attached hydrogen (secondary N) is 2. The van der Waals surface area contributed by atoms with Crippen molar-refractivity contribution in [3.8, 4) is 0 Å². The molecule has 0 aliphatic heterocycles. The maximum atomic E-state index is 12.1. The monoisotopic (exact) mass is 422 g/mol. The highest BCUT2D eigenvalue weighted by Crippen LogP contribution is 2.09. The lowest BCUT2D eigenvalue weighted by Crippen LogP contribution is -2.27. The summed E-state index contributed by atoms with van der Waals surface area (Å²) >= 11 is 1.49. The zero-order valence-electron chi connectivity index (χ0n) is 16.8. The third-order valence-corrected chi connectivity index (χ3v) is 5.19. The van der Waals surface area contributed by atoms with E-state index in [1.54, 1.807) is 6.07 Å². The van der Waals surface area contributed by atoms with Crippen molar-refractivity contribution in [2.45, 2.75) is 32.6 Å². The number of amides is 2. The molecule has 0 aliphatic rings. The lowest BCUT2D eigenvalue weighted by Gasteiger charge is -2.09. The second kappa shape index (κ2) is 11.9. The lowest BCUT2D eigenvalue weighted by atomic mass is 10.1. The highest BCUT2D eigenvalue weighted by Gasteiger charge is 2.06. The first-order valence-corrected chi connectivity index (χ1v) is 10.9. The van der Waals surface area contributed by atoms with Gasteiger partial charge in [0.2, 0.25) is 5.91 Å². The minimum atomic E-state index is -0.0945. The van der Waals surface area contributed by atoms with Gasteiger partial charge < -0.3 is 15.4 Å². The summed E-state index contributed by atoms with van der Waals surface area (Å²) < 4.78 is 5.78. The fraction of sp³-hybridized carbons (Fsp3) is 0.250. The second-order valence-corrected chi connectivity index (χ2v) is 7.73. The van der Waals surface area contributed by atoms with Crippen molar-refractivity contribution in [1.82, 2.24) is 10.6 Å². The number of hydrogen-bond donors (Lipinski definition) is 2. The van der Waals surface area contributed by atoms with Crippen LogP contribution >= 0.6 is 11.3 Å². The minimum absolute atomic E-state index is 0.0227. The van der Waals surface area contributed by atoms with E-state index in [2.05, 4.69) is 10.6 Å². The van der Waals surface area contributed by atoms with Gasteiger partial charge >= 0.3 is 0 Å². The number of rotatable bonds is 11. The quantitative estimate of drug-likeness (QED) is 0.453. The van der Waals surface area contributed by atoms with Gasteiger partial charge in [0.05, 0.1) is 13.2 Å². The summed E-state index contributed by atoms with van der Waals surface area (Å²) in [4.78, 5) is 23.9. The van der Waals surface area contributed by atoms with E-state index in [0.29, 0.717) is 44.7 Å². The fourth-order valence-electron chi connectivity index (χ4n) is 2.93. The third kappa shape index (κ3) is 7.46. The molecule has 0 bridgehead atoms. The molecule has 1 heterocycles. The second-order valence-electron chi connectivity index (χ2n) is 6.95. The van der Waals surface area contributed by atoms with Crippen molar-refractivity contribution < 1.29 is 14.3 Å². The van der Waals surface area contributed by atoms with Gasteiger partial charge in [0.15, 0.2) is 0 Å². The predicted octanol–water partition coefficient (Wildman–Crippen LogP) is 4.29. The summed E-state index contributed by atoms with van der Waals surface area (Å²) in [7, 11) is 0. The van der Waals surface area contributed by atoms with Crippen molar-refractivity contribution in [2.24, 2.45) is 0 Å². The number of benzene rings is 2. The van der Waals surface area contributed by atoms with E-state index < -0.39 is 0 Å². The molecule has 5 nitrogen and oxygen atoms in total. The van der Waals surface area contributed by atoms with Gasteiger partial charge in [-0.15, -0.1) is 0 Å². The van der Waals surface area contributed by atoms with Gasteiger partial charge in [-0.2, -0.15) is 11.3 Å². The largest absolute Gasteiger partial charge is 0.372 e. The number of carbonyl (C=O) groups is 2. The molecule has 0 aliphatic carbocycles. The SMILES string of the molecule is O=C(CCCNC(=O)c1ccsc1)NCc1cccc(COCc2ccccc2)c1. The van der Waals surface area contributed by atoms with Crippen molar-refractivity contribution in [2.75, 3.05) is 6.54 Å². The molecule has 0 atom stereocenters. The highest BCUT2D eigenvalue weighted by atomic mass is 32.1. The van der Waals surface area contributed by atoms with Gasteiger partial charge in [0.1, 0.15) is 0 Å². The van der Waals surface area contributed by atoms with Crippen LogP contribution in [0, 0.1) is 0 Å². The number of carbonyl (C=O) groups excluding carboxylic acids is 2. The van der Waals surface area contributed by atoms with Gasteiger partial charge in [0, 0.05) is 30.5 Å². The normalized spacial score (nSPS) is 10.5. The molecule has 0 spiro atoms. The first-order chi connectivity index (χ1) is 14.7. The average Bonchev–Trinajstić information content (AvgIpc) is 3.31. The van der Waals surface area contributed by atoms with Crippen LogP contribution in [-0.4, -0.2) is 18.4 Å². The zero-order valence-corrected chi connectivity index (χ0v) is 17.6. The Morgan fingerprint density at radius 3 is 2.43 bits per heavy atom. The first kappa shape index (κ1) is 21.7. The van der Waals surface area contributed by atoms with Crippen LogP contribution in [0.2, 0.25) is 0 Å². The highest BCUT2D eigenvalue weighted by molar-refractivity contribution is 7.08. The molecule has 0 saturated heterocycles. The predicted molar refractivity (Wildman–Crippen MR) is 119 cm³/mol. The minimum Gasteiger partial charge on any atom is -0.372 e. The lowest BCUT2D eigenvalue weighted by molar-refractivity contribution is -0.121. The summed E-state index contributed by atoms with van der Waals surface area (Å²) in [6.07, 6.45) is 0.985. The molecule has 0 saturated carbocycles. The van der Waals surface area contributed by atoms with Gasteiger partial charge in [-0.05, 0) is 34.6 Å². The molecule has 1 aromatic heterocycles. The van der Waals surface area contributed by atoms with E-state index in [9.17, 15) is 9.59 Å². The average molecular weight is 423 g/mol. The van der Waals surface area contributed by atoms with Crippen LogP contribution in [0.15, 0.2) is 71.4 Å². The molecule has 3 aromatic rings. The summed E-state index contributed by atoms with van der Waals surface area (Å²) in [5.74, 6) is -0.117. The Morgan fingerprint density at radius 1 is 0.867 bits per heavy atom. The van der Waals surface area contributed by atoms with E-state index in [1.165, 1.54) is 11.3 Å². The number of thiophene rings is 1. The Labute approximate surface area is 181 Å². The third-order valence-electron chi connectivity index (χ3n) is 4.51. The van der Waals surface area contributed by atoms with Crippen molar-refractivity contribution >= 4 is 23.2 Å². The van der Waals surface area contributed by atoms with Gasteiger partial charge in [-0.3, -0.25) is 9.59 Å². The van der Waals surface area contributed by atoms with Crippen LogP contribution in [0.5, 0.6) is 0 Å². The molecular formula is C24H26N2O3S. The molecular weight excluding hydrogens is 396 g/mol. The van der Waals surface area contributed by atoms with Crippen LogP contribution in [0.4, 0.5) is 0 Å². The fourth-order valence-corrected chi connectivity index (χ4v) is 3.56. The summed E-state index contributed by atoms with van der Waals surface area (Å²) in [6, 6.07) is 19.9. The van der Waals surface area contributed by atoms with Gasteiger partial charge in [-0.25, -0.2) is 0 Å². The van der Waals surface area contributed by atoms with E-state index in [1.807, 2.05) is 65.4 Å². The zero-order chi connectivity index (χ0) is 21.0. The standard InChI is InChI=1S/C24H26N2O3S/c27-23(10-5-12-25-24(28)22-11-13-30-18-22)26-15-20-8-4-9-21(14-20)17-29-16-19-6-2-1-3-7-19/h1-4,6-9,11,13-14,18H,5,10,12,15-17H2,(H,25,28)(H,26,27). The Balaban J connectivity index is 1.32. The summed E-state index contributed by atoms with van der Waals surface area (Å²) in [6.45, 7) is 2.06.